The van der Waals surface area contributed by atoms with E-state index >= 15 is 0 Å². The predicted molar refractivity (Wildman–Crippen MR) is 143 cm³/mol. The molecule has 0 fully saturated rings. The normalized spacial score (nSPS) is 11.5. The number of amides is 1. The molecular weight excluding hydrogens is 603 g/mol. The van der Waals surface area contributed by atoms with Crippen LogP contribution in [0, 0.1) is 5.82 Å². The van der Waals surface area contributed by atoms with Gasteiger partial charge in [0.1, 0.15) is 11.6 Å². The topological polar surface area (TPSA) is 114 Å². The summed E-state index contributed by atoms with van der Waals surface area (Å²) in [6.45, 7) is 3.15. The second-order valence-corrected chi connectivity index (χ2v) is 8.97. The van der Waals surface area contributed by atoms with Gasteiger partial charge < -0.3 is 15.5 Å². The van der Waals surface area contributed by atoms with Crippen molar-refractivity contribution in [2.75, 3.05) is 15.7 Å². The molecule has 10 nitrogen and oxygen atoms in total. The average Bonchev–Trinajstić information content (AvgIpc) is 3.36. The molecule has 0 saturated heterocycles. The molecule has 0 aliphatic rings. The number of nitrogens with zero attached hydrogens (tertiary/aromatic N) is 5. The third-order valence-corrected chi connectivity index (χ3v) is 5.64. The highest BCUT2D eigenvalue weighted by Gasteiger charge is 2.43. The Morgan fingerprint density at radius 3 is 2.34 bits per heavy atom. The zero-order chi connectivity index (χ0) is 32.2. The van der Waals surface area contributed by atoms with E-state index in [9.17, 15) is 40.3 Å². The van der Waals surface area contributed by atoms with Gasteiger partial charge in [-0.3, -0.25) is 9.48 Å². The number of rotatable bonds is 8. The van der Waals surface area contributed by atoms with Crippen LogP contribution >= 0.6 is 0 Å². The molecule has 2 heterocycles. The lowest BCUT2D eigenvalue weighted by molar-refractivity contribution is -0.201. The Morgan fingerprint density at radius 1 is 1.05 bits per heavy atom. The summed E-state index contributed by atoms with van der Waals surface area (Å²) in [5, 5.41) is 9.52. The molecule has 0 bridgehead atoms. The first-order valence-corrected chi connectivity index (χ1v) is 12.2. The van der Waals surface area contributed by atoms with Crippen molar-refractivity contribution in [1.82, 2.24) is 19.7 Å². The third kappa shape index (κ3) is 7.87. The van der Waals surface area contributed by atoms with Crippen LogP contribution in [0.15, 0.2) is 73.7 Å². The highest BCUT2D eigenvalue weighted by Crippen LogP contribution is 2.33. The van der Waals surface area contributed by atoms with E-state index in [1.54, 1.807) is 13.2 Å². The minimum atomic E-state index is -5.45. The van der Waals surface area contributed by atoms with Gasteiger partial charge in [-0.1, -0.05) is 30.8 Å². The summed E-state index contributed by atoms with van der Waals surface area (Å²) < 4.78 is 93.5. The monoisotopic (exact) mass is 623 g/mol. The molecule has 0 aliphatic carbocycles. The maximum atomic E-state index is 15.0. The molecule has 0 atom stereocenters. The molecular formula is C27H20F7N7O3. The SMILES string of the molecule is C=CC(=O)N(OC(=O)C(F)(F)F)c1ccc(F)c(Nc2nc(Nc3cnn(C)c3)ncc2-c2ccc(CC(F)(F)F)cc2)c1. The smallest absolute Gasteiger partial charge is 0.337 e. The zero-order valence-electron chi connectivity index (χ0n) is 22.4. The standard InChI is InChI=1S/C27H20F7N7O3/c1-3-22(42)41(44-24(43)27(32,33)34)18-8-9-20(28)21(10-18)38-23-19(16-6-4-15(5-7-16)11-26(29,30)31)13-35-25(39-23)37-17-12-36-40(2)14-17/h3-10,12-14H,1,11H2,2H3,(H2,35,37,38,39). The summed E-state index contributed by atoms with van der Waals surface area (Å²) in [6.07, 6.45) is -6.13. The molecule has 0 saturated carbocycles. The minimum absolute atomic E-state index is 0.0166. The molecule has 0 radical (unpaired) electrons. The summed E-state index contributed by atoms with van der Waals surface area (Å²) >= 11 is 0. The van der Waals surface area contributed by atoms with E-state index in [1.807, 2.05) is 0 Å². The lowest BCUT2D eigenvalue weighted by Gasteiger charge is -2.21. The highest BCUT2D eigenvalue weighted by atomic mass is 19.4. The maximum Gasteiger partial charge on any atom is 0.493 e. The Hall–Kier alpha value is -5.48. The van der Waals surface area contributed by atoms with Crippen LogP contribution in [-0.4, -0.2) is 44.0 Å². The lowest BCUT2D eigenvalue weighted by Crippen LogP contribution is -2.38. The van der Waals surface area contributed by atoms with Crippen LogP contribution in [-0.2, 0) is 27.9 Å². The first-order valence-electron chi connectivity index (χ1n) is 12.2. The van der Waals surface area contributed by atoms with Crippen molar-refractivity contribution >= 4 is 40.7 Å². The predicted octanol–water partition coefficient (Wildman–Crippen LogP) is 6.15. The van der Waals surface area contributed by atoms with Crippen LogP contribution in [0.1, 0.15) is 5.56 Å². The van der Waals surface area contributed by atoms with Crippen LogP contribution < -0.4 is 15.7 Å². The van der Waals surface area contributed by atoms with Gasteiger partial charge in [-0.05, 0) is 35.4 Å². The number of hydrogen-bond donors (Lipinski definition) is 2. The Kier molecular flexibility index (Phi) is 8.87. The second-order valence-electron chi connectivity index (χ2n) is 8.97. The minimum Gasteiger partial charge on any atom is -0.337 e. The van der Waals surface area contributed by atoms with E-state index in [0.717, 1.165) is 18.2 Å². The van der Waals surface area contributed by atoms with E-state index in [-0.39, 0.29) is 28.0 Å². The van der Waals surface area contributed by atoms with Crippen LogP contribution in [0.5, 0.6) is 0 Å². The van der Waals surface area contributed by atoms with Gasteiger partial charge in [0, 0.05) is 25.0 Å². The summed E-state index contributed by atoms with van der Waals surface area (Å²) in [6, 6.07) is 7.74. The molecule has 230 valence electrons. The molecule has 2 N–H and O–H groups in total. The molecule has 17 heteroatoms. The molecule has 4 aromatic rings. The van der Waals surface area contributed by atoms with Gasteiger partial charge in [0.05, 0.1) is 29.7 Å². The van der Waals surface area contributed by atoms with Crippen molar-refractivity contribution in [2.45, 2.75) is 18.8 Å². The Morgan fingerprint density at radius 2 is 1.75 bits per heavy atom. The Labute approximate surface area is 243 Å². The fourth-order valence-corrected chi connectivity index (χ4v) is 3.70. The number of aryl methyl sites for hydroxylation is 1. The van der Waals surface area contributed by atoms with Crippen LogP contribution in [0.2, 0.25) is 0 Å². The number of nitrogens with one attached hydrogen (secondary N) is 2. The molecule has 4 rings (SSSR count). The van der Waals surface area contributed by atoms with Gasteiger partial charge in [0.2, 0.25) is 5.95 Å². The van der Waals surface area contributed by atoms with Crippen LogP contribution in [0.4, 0.5) is 59.6 Å². The summed E-state index contributed by atoms with van der Waals surface area (Å²) in [7, 11) is 1.66. The Balaban J connectivity index is 1.75. The van der Waals surface area contributed by atoms with Gasteiger partial charge in [0.25, 0.3) is 5.91 Å². The summed E-state index contributed by atoms with van der Waals surface area (Å²) in [5.41, 5.74) is 0.0373. The molecule has 44 heavy (non-hydrogen) atoms. The van der Waals surface area contributed by atoms with Crippen molar-refractivity contribution in [3.8, 4) is 11.1 Å². The first-order chi connectivity index (χ1) is 20.6. The number of alkyl halides is 6. The maximum absolute atomic E-state index is 15.0. The number of aromatic nitrogens is 4. The Bertz CT molecular complexity index is 1690. The number of hydrogen-bond acceptors (Lipinski definition) is 8. The first kappa shape index (κ1) is 31.5. The number of benzene rings is 2. The molecule has 2 aromatic heterocycles. The number of carbonyl (C=O) groups excluding carboxylic acids is 2. The number of halogens is 7. The number of carbonyl (C=O) groups is 2. The van der Waals surface area contributed by atoms with Gasteiger partial charge in [-0.15, -0.1) is 5.06 Å². The number of anilines is 5. The van der Waals surface area contributed by atoms with Gasteiger partial charge in [-0.25, -0.2) is 14.2 Å². The summed E-state index contributed by atoms with van der Waals surface area (Å²) in [4.78, 5) is 36.4. The van der Waals surface area contributed by atoms with E-state index in [0.29, 0.717) is 17.3 Å². The molecule has 0 unspecified atom stereocenters. The van der Waals surface area contributed by atoms with E-state index in [4.69, 9.17) is 0 Å². The molecule has 1 amide bonds. The zero-order valence-corrected chi connectivity index (χ0v) is 22.4. The van der Waals surface area contributed by atoms with E-state index in [2.05, 4.69) is 37.1 Å². The second kappa shape index (κ2) is 12.4. The van der Waals surface area contributed by atoms with Gasteiger partial charge in [-0.2, -0.15) is 36.4 Å². The van der Waals surface area contributed by atoms with Crippen molar-refractivity contribution in [3.05, 3.63) is 85.1 Å². The van der Waals surface area contributed by atoms with E-state index in [1.165, 1.54) is 41.3 Å². The van der Waals surface area contributed by atoms with Crippen molar-refractivity contribution < 1.29 is 45.2 Å². The molecule has 2 aromatic carbocycles. The largest absolute Gasteiger partial charge is 0.493 e. The molecule has 0 spiro atoms. The molecule has 0 aliphatic heterocycles. The van der Waals surface area contributed by atoms with Crippen molar-refractivity contribution in [2.24, 2.45) is 7.05 Å². The fourth-order valence-electron chi connectivity index (χ4n) is 3.70. The third-order valence-electron chi connectivity index (χ3n) is 5.64. The van der Waals surface area contributed by atoms with Crippen LogP contribution in [0.3, 0.4) is 0 Å². The quantitative estimate of drug-likeness (QED) is 0.137. The van der Waals surface area contributed by atoms with Gasteiger partial charge in [0.15, 0.2) is 0 Å². The highest BCUT2D eigenvalue weighted by molar-refractivity contribution is 6.01. The fraction of sp³-hybridized carbons (Fsp3) is 0.148. The van der Waals surface area contributed by atoms with Crippen molar-refractivity contribution in [3.63, 3.8) is 0 Å². The van der Waals surface area contributed by atoms with Crippen molar-refractivity contribution in [1.29, 1.82) is 0 Å². The summed E-state index contributed by atoms with van der Waals surface area (Å²) in [5.74, 6) is -5.07. The van der Waals surface area contributed by atoms with Gasteiger partial charge >= 0.3 is 18.3 Å². The lowest BCUT2D eigenvalue weighted by atomic mass is 10.0. The average molecular weight is 623 g/mol. The van der Waals surface area contributed by atoms with E-state index < -0.39 is 47.8 Å². The van der Waals surface area contributed by atoms with Crippen LogP contribution in [0.25, 0.3) is 11.1 Å². The number of hydroxylamine groups is 1.